The Kier molecular flexibility index (Phi) is 5.23. The van der Waals surface area contributed by atoms with Crippen molar-refractivity contribution in [3.8, 4) is 5.75 Å². The lowest BCUT2D eigenvalue weighted by atomic mass is 10.2. The number of methoxy groups -OCH3 is 1. The third-order valence-electron chi connectivity index (χ3n) is 3.00. The van der Waals surface area contributed by atoms with Crippen molar-refractivity contribution in [3.63, 3.8) is 0 Å². The summed E-state index contributed by atoms with van der Waals surface area (Å²) in [5.74, 6) is 0.145. The van der Waals surface area contributed by atoms with E-state index >= 15 is 0 Å². The molecule has 0 aromatic heterocycles. The molecule has 1 N–H and O–H groups in total. The van der Waals surface area contributed by atoms with Gasteiger partial charge in [-0.05, 0) is 55.5 Å². The molecule has 0 heterocycles. The highest BCUT2D eigenvalue weighted by Gasteiger charge is 2.15. The molecule has 0 spiro atoms. The molecule has 2 rings (SSSR count). The molecule has 0 unspecified atom stereocenters. The summed E-state index contributed by atoms with van der Waals surface area (Å²) in [5, 5.41) is 0. The topological polar surface area (TPSA) is 81.7 Å². The molecule has 0 bridgehead atoms. The molecule has 6 nitrogen and oxygen atoms in total. The Morgan fingerprint density at radius 2 is 1.65 bits per heavy atom. The Labute approximate surface area is 135 Å². The van der Waals surface area contributed by atoms with Crippen LogP contribution in [0.5, 0.6) is 5.75 Å². The number of ether oxygens (including phenoxy) is 2. The maximum atomic E-state index is 12.3. The van der Waals surface area contributed by atoms with Crippen molar-refractivity contribution in [1.82, 2.24) is 0 Å². The van der Waals surface area contributed by atoms with Crippen LogP contribution in [0.1, 0.15) is 17.3 Å². The van der Waals surface area contributed by atoms with Gasteiger partial charge >= 0.3 is 5.97 Å². The van der Waals surface area contributed by atoms with E-state index in [9.17, 15) is 13.2 Å². The van der Waals surface area contributed by atoms with Gasteiger partial charge in [0.2, 0.25) is 0 Å². The minimum absolute atomic E-state index is 0.0547. The summed E-state index contributed by atoms with van der Waals surface area (Å²) in [6.45, 7) is 2.41. The molecular weight excluding hydrogens is 318 g/mol. The Balaban J connectivity index is 2.16. The first-order chi connectivity index (χ1) is 11.0. The fraction of sp³-hybridized carbons (Fsp3) is 0.188. The molecule has 0 amide bonds. The van der Waals surface area contributed by atoms with Gasteiger partial charge in [-0.25, -0.2) is 13.2 Å². The Hall–Kier alpha value is -2.54. The van der Waals surface area contributed by atoms with Crippen LogP contribution in [-0.4, -0.2) is 28.1 Å². The molecule has 0 saturated heterocycles. The standard InChI is InChI=1S/C16H17NO5S/c1-3-22-14-8-6-13(7-9-14)17-23(19,20)15-10-4-12(5-11-15)16(18)21-2/h4-11,17H,3H2,1-2H3. The summed E-state index contributed by atoms with van der Waals surface area (Å²) < 4.78 is 36.9. The first-order valence-corrected chi connectivity index (χ1v) is 8.38. The number of hydrogen-bond donors (Lipinski definition) is 1. The summed E-state index contributed by atoms with van der Waals surface area (Å²) in [5.41, 5.74) is 0.706. The molecule has 0 aliphatic rings. The SMILES string of the molecule is CCOc1ccc(NS(=O)(=O)c2ccc(C(=O)OC)cc2)cc1. The number of hydrogen-bond acceptors (Lipinski definition) is 5. The molecule has 2 aromatic carbocycles. The highest BCUT2D eigenvalue weighted by molar-refractivity contribution is 7.92. The summed E-state index contributed by atoms with van der Waals surface area (Å²) in [6.07, 6.45) is 0. The van der Waals surface area contributed by atoms with Crippen LogP contribution in [0, 0.1) is 0 Å². The van der Waals surface area contributed by atoms with Crippen molar-refractivity contribution >= 4 is 21.7 Å². The van der Waals surface area contributed by atoms with E-state index in [4.69, 9.17) is 4.74 Å². The lowest BCUT2D eigenvalue weighted by Gasteiger charge is -2.09. The third-order valence-corrected chi connectivity index (χ3v) is 4.40. The second kappa shape index (κ2) is 7.15. The van der Waals surface area contributed by atoms with Crippen LogP contribution in [0.25, 0.3) is 0 Å². The maximum absolute atomic E-state index is 12.3. The number of rotatable bonds is 6. The average Bonchev–Trinajstić information content (AvgIpc) is 2.56. The van der Waals surface area contributed by atoms with Crippen molar-refractivity contribution in [2.75, 3.05) is 18.4 Å². The number of carbonyl (C=O) groups excluding carboxylic acids is 1. The van der Waals surface area contributed by atoms with Gasteiger partial charge in [0.1, 0.15) is 5.75 Å². The van der Waals surface area contributed by atoms with E-state index in [1.54, 1.807) is 24.3 Å². The van der Waals surface area contributed by atoms with Crippen molar-refractivity contribution in [3.05, 3.63) is 54.1 Å². The van der Waals surface area contributed by atoms with E-state index in [0.717, 1.165) is 0 Å². The van der Waals surface area contributed by atoms with Gasteiger partial charge < -0.3 is 9.47 Å². The number of esters is 1. The van der Waals surface area contributed by atoms with Crippen molar-refractivity contribution in [2.45, 2.75) is 11.8 Å². The van der Waals surface area contributed by atoms with Crippen molar-refractivity contribution in [1.29, 1.82) is 0 Å². The first-order valence-electron chi connectivity index (χ1n) is 6.90. The lowest BCUT2D eigenvalue weighted by molar-refractivity contribution is 0.0600. The van der Waals surface area contributed by atoms with Gasteiger partial charge in [-0.2, -0.15) is 0 Å². The zero-order valence-electron chi connectivity index (χ0n) is 12.8. The van der Waals surface area contributed by atoms with Crippen molar-refractivity contribution < 1.29 is 22.7 Å². The molecule has 2 aromatic rings. The lowest BCUT2D eigenvalue weighted by Crippen LogP contribution is -2.13. The van der Waals surface area contributed by atoms with E-state index in [0.29, 0.717) is 18.0 Å². The average molecular weight is 335 g/mol. The minimum Gasteiger partial charge on any atom is -0.494 e. The van der Waals surface area contributed by atoms with E-state index in [-0.39, 0.29) is 10.5 Å². The van der Waals surface area contributed by atoms with Crippen LogP contribution in [-0.2, 0) is 14.8 Å². The third kappa shape index (κ3) is 4.23. The molecule has 0 aliphatic heterocycles. The Bertz CT molecular complexity index is 767. The summed E-state index contributed by atoms with van der Waals surface area (Å²) in [4.78, 5) is 11.4. The van der Waals surface area contributed by atoms with Gasteiger partial charge in [0.05, 0.1) is 24.2 Å². The molecule has 0 aliphatic carbocycles. The quantitative estimate of drug-likeness (QED) is 0.821. The molecule has 0 saturated carbocycles. The van der Waals surface area contributed by atoms with E-state index in [1.165, 1.54) is 31.4 Å². The van der Waals surface area contributed by atoms with Crippen LogP contribution in [0.2, 0.25) is 0 Å². The molecule has 0 radical (unpaired) electrons. The minimum atomic E-state index is -3.73. The van der Waals surface area contributed by atoms with Gasteiger partial charge in [-0.15, -0.1) is 0 Å². The largest absolute Gasteiger partial charge is 0.494 e. The number of nitrogens with one attached hydrogen (secondary N) is 1. The molecule has 23 heavy (non-hydrogen) atoms. The predicted octanol–water partition coefficient (Wildman–Crippen LogP) is 2.67. The molecule has 0 fully saturated rings. The van der Waals surface area contributed by atoms with E-state index in [1.807, 2.05) is 6.92 Å². The van der Waals surface area contributed by atoms with Crippen LogP contribution in [0.15, 0.2) is 53.4 Å². The summed E-state index contributed by atoms with van der Waals surface area (Å²) in [6, 6.07) is 12.1. The first kappa shape index (κ1) is 16.8. The molecule has 122 valence electrons. The van der Waals surface area contributed by atoms with Gasteiger partial charge in [0, 0.05) is 5.69 Å². The number of benzene rings is 2. The fourth-order valence-electron chi connectivity index (χ4n) is 1.89. The smallest absolute Gasteiger partial charge is 0.337 e. The summed E-state index contributed by atoms with van der Waals surface area (Å²) in [7, 11) is -2.47. The van der Waals surface area contributed by atoms with Gasteiger partial charge in [0.15, 0.2) is 0 Å². The van der Waals surface area contributed by atoms with E-state index < -0.39 is 16.0 Å². The van der Waals surface area contributed by atoms with Crippen molar-refractivity contribution in [2.24, 2.45) is 0 Å². The molecular formula is C16H17NO5S. The normalized spacial score (nSPS) is 10.9. The summed E-state index contributed by atoms with van der Waals surface area (Å²) >= 11 is 0. The Morgan fingerprint density at radius 3 is 2.17 bits per heavy atom. The number of sulfonamides is 1. The number of carbonyl (C=O) groups is 1. The monoisotopic (exact) mass is 335 g/mol. The fourth-order valence-corrected chi connectivity index (χ4v) is 2.95. The van der Waals surface area contributed by atoms with E-state index in [2.05, 4.69) is 9.46 Å². The van der Waals surface area contributed by atoms with Crippen LogP contribution in [0.4, 0.5) is 5.69 Å². The van der Waals surface area contributed by atoms with Crippen LogP contribution in [0.3, 0.4) is 0 Å². The second-order valence-corrected chi connectivity index (χ2v) is 6.26. The van der Waals surface area contributed by atoms with Gasteiger partial charge in [-0.3, -0.25) is 4.72 Å². The van der Waals surface area contributed by atoms with Crippen LogP contribution >= 0.6 is 0 Å². The second-order valence-electron chi connectivity index (χ2n) is 4.58. The molecule has 0 atom stereocenters. The zero-order chi connectivity index (χ0) is 16.9. The maximum Gasteiger partial charge on any atom is 0.337 e. The predicted molar refractivity (Wildman–Crippen MR) is 86.2 cm³/mol. The zero-order valence-corrected chi connectivity index (χ0v) is 13.6. The van der Waals surface area contributed by atoms with Crippen LogP contribution < -0.4 is 9.46 Å². The Morgan fingerprint density at radius 1 is 1.04 bits per heavy atom. The molecule has 7 heteroatoms. The highest BCUT2D eigenvalue weighted by atomic mass is 32.2. The highest BCUT2D eigenvalue weighted by Crippen LogP contribution is 2.20. The van der Waals surface area contributed by atoms with Gasteiger partial charge in [-0.1, -0.05) is 0 Å². The van der Waals surface area contributed by atoms with Gasteiger partial charge in [0.25, 0.3) is 10.0 Å². The number of anilines is 1.